The van der Waals surface area contributed by atoms with Gasteiger partial charge in [-0.1, -0.05) is 23.2 Å². The fourth-order valence-electron chi connectivity index (χ4n) is 2.25. The number of piperazine rings is 1. The third-order valence-electron chi connectivity index (χ3n) is 3.50. The molecule has 1 saturated heterocycles. The van der Waals surface area contributed by atoms with Gasteiger partial charge in [0.2, 0.25) is 0 Å². The first-order chi connectivity index (χ1) is 8.99. The lowest BCUT2D eigenvalue weighted by Crippen LogP contribution is -2.50. The van der Waals surface area contributed by atoms with Gasteiger partial charge in [-0.3, -0.25) is 9.69 Å². The molecule has 104 valence electrons. The summed E-state index contributed by atoms with van der Waals surface area (Å²) < 4.78 is 0. The van der Waals surface area contributed by atoms with Gasteiger partial charge in [0, 0.05) is 37.8 Å². The van der Waals surface area contributed by atoms with Crippen LogP contribution in [-0.2, 0) is 0 Å². The minimum Gasteiger partial charge on any atom is -0.336 e. The van der Waals surface area contributed by atoms with E-state index in [1.54, 1.807) is 18.2 Å². The van der Waals surface area contributed by atoms with Crippen LogP contribution >= 0.6 is 23.2 Å². The molecule has 19 heavy (non-hydrogen) atoms. The average molecular weight is 301 g/mol. The Morgan fingerprint density at radius 1 is 1.11 bits per heavy atom. The highest BCUT2D eigenvalue weighted by Crippen LogP contribution is 2.23. The van der Waals surface area contributed by atoms with E-state index in [4.69, 9.17) is 23.2 Å². The van der Waals surface area contributed by atoms with Gasteiger partial charge in [-0.2, -0.15) is 0 Å². The third-order valence-corrected chi connectivity index (χ3v) is 4.24. The second-order valence-electron chi connectivity index (χ2n) is 5.05. The molecule has 1 aromatic rings. The summed E-state index contributed by atoms with van der Waals surface area (Å²) in [6, 6.07) is 5.57. The van der Waals surface area contributed by atoms with Gasteiger partial charge >= 0.3 is 0 Å². The van der Waals surface area contributed by atoms with Gasteiger partial charge in [-0.05, 0) is 32.0 Å². The Bertz CT molecular complexity index is 469. The smallest absolute Gasteiger partial charge is 0.253 e. The van der Waals surface area contributed by atoms with Crippen LogP contribution in [0.3, 0.4) is 0 Å². The number of nitrogens with zero attached hydrogens (tertiary/aromatic N) is 2. The van der Waals surface area contributed by atoms with Crippen molar-refractivity contribution in [3.63, 3.8) is 0 Å². The lowest BCUT2D eigenvalue weighted by molar-refractivity contribution is 0.0595. The Morgan fingerprint density at radius 3 is 2.26 bits per heavy atom. The zero-order chi connectivity index (χ0) is 14.0. The molecule has 0 bridgehead atoms. The molecule has 1 aliphatic heterocycles. The van der Waals surface area contributed by atoms with E-state index in [2.05, 4.69) is 18.7 Å². The highest BCUT2D eigenvalue weighted by Gasteiger charge is 2.23. The van der Waals surface area contributed by atoms with Crippen LogP contribution in [0.5, 0.6) is 0 Å². The van der Waals surface area contributed by atoms with Crippen molar-refractivity contribution in [2.45, 2.75) is 19.9 Å². The second-order valence-corrected chi connectivity index (χ2v) is 5.87. The van der Waals surface area contributed by atoms with E-state index in [0.717, 1.165) is 26.2 Å². The van der Waals surface area contributed by atoms with Crippen molar-refractivity contribution in [1.29, 1.82) is 0 Å². The van der Waals surface area contributed by atoms with E-state index < -0.39 is 0 Å². The van der Waals surface area contributed by atoms with E-state index in [1.807, 2.05) is 4.90 Å². The van der Waals surface area contributed by atoms with Crippen LogP contribution < -0.4 is 0 Å². The zero-order valence-corrected chi connectivity index (χ0v) is 12.7. The summed E-state index contributed by atoms with van der Waals surface area (Å²) >= 11 is 11.8. The maximum atomic E-state index is 12.3. The average Bonchev–Trinajstić information content (AvgIpc) is 2.41. The van der Waals surface area contributed by atoms with Gasteiger partial charge in [-0.25, -0.2) is 0 Å². The van der Waals surface area contributed by atoms with E-state index in [0.29, 0.717) is 21.7 Å². The van der Waals surface area contributed by atoms with Crippen LogP contribution in [0.4, 0.5) is 0 Å². The lowest BCUT2D eigenvalue weighted by atomic mass is 10.1. The molecular formula is C14H18Cl2N2O. The van der Waals surface area contributed by atoms with Crippen molar-refractivity contribution in [1.82, 2.24) is 9.80 Å². The summed E-state index contributed by atoms with van der Waals surface area (Å²) in [5, 5.41) is 0.899. The van der Waals surface area contributed by atoms with Crippen LogP contribution in [0.25, 0.3) is 0 Å². The minimum atomic E-state index is 0.0296. The van der Waals surface area contributed by atoms with Crippen molar-refractivity contribution in [2.24, 2.45) is 0 Å². The summed E-state index contributed by atoms with van der Waals surface area (Å²) in [6.07, 6.45) is 0. The summed E-state index contributed by atoms with van der Waals surface area (Å²) in [5.74, 6) is 0.0296. The molecule has 1 fully saturated rings. The molecule has 1 aromatic carbocycles. The molecule has 0 atom stereocenters. The fourth-order valence-corrected chi connectivity index (χ4v) is 2.55. The summed E-state index contributed by atoms with van der Waals surface area (Å²) in [7, 11) is 0. The standard InChI is InChI=1S/C14H18Cl2N2O/c1-10(2)17-5-7-18(8-6-17)14(19)11-3-4-12(15)13(16)9-11/h3-4,9-10H,5-8H2,1-2H3. The zero-order valence-electron chi connectivity index (χ0n) is 11.2. The number of rotatable bonds is 2. The first-order valence-electron chi connectivity index (χ1n) is 6.47. The van der Waals surface area contributed by atoms with Crippen molar-refractivity contribution in [3.05, 3.63) is 33.8 Å². The quantitative estimate of drug-likeness (QED) is 0.838. The molecular weight excluding hydrogens is 283 g/mol. The number of benzene rings is 1. The van der Waals surface area contributed by atoms with Crippen LogP contribution in [0.15, 0.2) is 18.2 Å². The Kier molecular flexibility index (Phi) is 4.71. The normalized spacial score (nSPS) is 17.0. The number of amides is 1. The Balaban J connectivity index is 2.03. The van der Waals surface area contributed by atoms with Gasteiger partial charge in [-0.15, -0.1) is 0 Å². The van der Waals surface area contributed by atoms with E-state index in [-0.39, 0.29) is 5.91 Å². The molecule has 3 nitrogen and oxygen atoms in total. The van der Waals surface area contributed by atoms with Gasteiger partial charge in [0.05, 0.1) is 10.0 Å². The van der Waals surface area contributed by atoms with Crippen LogP contribution in [0, 0.1) is 0 Å². The number of carbonyl (C=O) groups is 1. The molecule has 0 unspecified atom stereocenters. The van der Waals surface area contributed by atoms with Crippen molar-refractivity contribution in [2.75, 3.05) is 26.2 Å². The topological polar surface area (TPSA) is 23.6 Å². The Hall–Kier alpha value is -0.770. The highest BCUT2D eigenvalue weighted by molar-refractivity contribution is 6.42. The first kappa shape index (κ1) is 14.6. The molecule has 0 aliphatic carbocycles. The van der Waals surface area contributed by atoms with Crippen molar-refractivity contribution >= 4 is 29.1 Å². The van der Waals surface area contributed by atoms with Crippen molar-refractivity contribution < 1.29 is 4.79 Å². The number of carbonyl (C=O) groups excluding carboxylic acids is 1. The van der Waals surface area contributed by atoms with Crippen LogP contribution in [-0.4, -0.2) is 47.9 Å². The molecule has 5 heteroatoms. The number of hydrogen-bond donors (Lipinski definition) is 0. The summed E-state index contributed by atoms with van der Waals surface area (Å²) in [6.45, 7) is 7.72. The molecule has 0 aromatic heterocycles. The van der Waals surface area contributed by atoms with Crippen LogP contribution in [0.2, 0.25) is 10.0 Å². The maximum absolute atomic E-state index is 12.3. The molecule has 1 aliphatic rings. The number of hydrogen-bond acceptors (Lipinski definition) is 2. The number of halogens is 2. The molecule has 0 saturated carbocycles. The molecule has 2 rings (SSSR count). The van der Waals surface area contributed by atoms with Gasteiger partial charge < -0.3 is 4.90 Å². The van der Waals surface area contributed by atoms with Gasteiger partial charge in [0.25, 0.3) is 5.91 Å². The molecule has 0 N–H and O–H groups in total. The fraction of sp³-hybridized carbons (Fsp3) is 0.500. The second kappa shape index (κ2) is 6.12. The molecule has 1 heterocycles. The maximum Gasteiger partial charge on any atom is 0.253 e. The predicted octanol–water partition coefficient (Wildman–Crippen LogP) is 3.16. The Morgan fingerprint density at radius 2 is 1.74 bits per heavy atom. The predicted molar refractivity (Wildman–Crippen MR) is 79.1 cm³/mol. The highest BCUT2D eigenvalue weighted by atomic mass is 35.5. The van der Waals surface area contributed by atoms with Gasteiger partial charge in [0.1, 0.15) is 0 Å². The lowest BCUT2D eigenvalue weighted by Gasteiger charge is -2.37. The SMILES string of the molecule is CC(C)N1CCN(C(=O)c2ccc(Cl)c(Cl)c2)CC1. The van der Waals surface area contributed by atoms with E-state index in [1.165, 1.54) is 0 Å². The largest absolute Gasteiger partial charge is 0.336 e. The third kappa shape index (κ3) is 3.41. The van der Waals surface area contributed by atoms with Crippen LogP contribution in [0.1, 0.15) is 24.2 Å². The van der Waals surface area contributed by atoms with Crippen molar-refractivity contribution in [3.8, 4) is 0 Å². The summed E-state index contributed by atoms with van der Waals surface area (Å²) in [5.41, 5.74) is 0.604. The first-order valence-corrected chi connectivity index (χ1v) is 7.23. The minimum absolute atomic E-state index is 0.0296. The van der Waals surface area contributed by atoms with E-state index >= 15 is 0 Å². The molecule has 0 radical (unpaired) electrons. The molecule has 1 amide bonds. The Labute approximate surface area is 124 Å². The molecule has 0 spiro atoms. The van der Waals surface area contributed by atoms with Gasteiger partial charge in [0.15, 0.2) is 0 Å². The summed E-state index contributed by atoms with van der Waals surface area (Å²) in [4.78, 5) is 16.6. The monoisotopic (exact) mass is 300 g/mol. The van der Waals surface area contributed by atoms with E-state index in [9.17, 15) is 4.79 Å².